The van der Waals surface area contributed by atoms with Crippen molar-refractivity contribution in [3.63, 3.8) is 0 Å². The minimum Gasteiger partial charge on any atom is -0.508 e. The first-order valence-electron chi connectivity index (χ1n) is 8.40. The maximum Gasteiger partial charge on any atom is 0.341 e. The van der Waals surface area contributed by atoms with Crippen LogP contribution in [0.5, 0.6) is 17.2 Å². The van der Waals surface area contributed by atoms with Crippen molar-refractivity contribution in [1.29, 1.82) is 0 Å². The molecule has 150 valence electrons. The van der Waals surface area contributed by atoms with Crippen LogP contribution in [0.4, 0.5) is 10.5 Å². The molecule has 1 aliphatic rings. The number of carbonyl (C=O) groups is 3. The lowest BCUT2D eigenvalue weighted by Crippen LogP contribution is -2.28. The van der Waals surface area contributed by atoms with Gasteiger partial charge in [0.15, 0.2) is 18.1 Å². The van der Waals surface area contributed by atoms with Crippen molar-refractivity contribution in [3.8, 4) is 17.2 Å². The highest BCUT2D eigenvalue weighted by atomic mass is 32.2. The van der Waals surface area contributed by atoms with E-state index in [1.807, 2.05) is 0 Å². The number of amides is 2. The van der Waals surface area contributed by atoms with E-state index in [4.69, 9.17) is 14.6 Å². The first kappa shape index (κ1) is 20.3. The molecule has 3 rings (SSSR count). The Labute approximate surface area is 170 Å². The van der Waals surface area contributed by atoms with Gasteiger partial charge in [0.05, 0.1) is 17.7 Å². The van der Waals surface area contributed by atoms with E-state index in [2.05, 4.69) is 0 Å². The Morgan fingerprint density at radius 1 is 1.17 bits per heavy atom. The van der Waals surface area contributed by atoms with E-state index < -0.39 is 23.7 Å². The Bertz CT molecular complexity index is 1030. The van der Waals surface area contributed by atoms with E-state index >= 15 is 0 Å². The van der Waals surface area contributed by atoms with Gasteiger partial charge in [0.25, 0.3) is 11.1 Å². The van der Waals surface area contributed by atoms with Gasteiger partial charge in [-0.25, -0.2) is 9.69 Å². The van der Waals surface area contributed by atoms with E-state index in [1.165, 1.54) is 31.4 Å². The number of phenols is 1. The van der Waals surface area contributed by atoms with Crippen LogP contribution >= 0.6 is 11.8 Å². The molecule has 1 heterocycles. The minimum absolute atomic E-state index is 0.0473. The van der Waals surface area contributed by atoms with Gasteiger partial charge in [-0.15, -0.1) is 0 Å². The summed E-state index contributed by atoms with van der Waals surface area (Å²) < 4.78 is 10.4. The van der Waals surface area contributed by atoms with Crippen LogP contribution in [-0.4, -0.2) is 41.0 Å². The summed E-state index contributed by atoms with van der Waals surface area (Å²) in [5.41, 5.74) is 1.58. The third kappa shape index (κ3) is 4.35. The van der Waals surface area contributed by atoms with Crippen molar-refractivity contribution in [1.82, 2.24) is 0 Å². The lowest BCUT2D eigenvalue weighted by Gasteiger charge is -2.15. The van der Waals surface area contributed by atoms with Crippen LogP contribution in [0, 0.1) is 6.92 Å². The fraction of sp³-hybridized carbons (Fsp3) is 0.150. The zero-order chi connectivity index (χ0) is 21.1. The Morgan fingerprint density at radius 3 is 2.59 bits per heavy atom. The van der Waals surface area contributed by atoms with Crippen LogP contribution in [0.2, 0.25) is 0 Å². The van der Waals surface area contributed by atoms with Crippen LogP contribution in [0.25, 0.3) is 6.08 Å². The number of rotatable bonds is 6. The molecule has 0 spiro atoms. The number of anilines is 1. The number of hydrogen-bond donors (Lipinski definition) is 2. The summed E-state index contributed by atoms with van der Waals surface area (Å²) in [7, 11) is 1.41. The molecule has 2 aromatic rings. The monoisotopic (exact) mass is 415 g/mol. The van der Waals surface area contributed by atoms with E-state index in [0.717, 1.165) is 16.7 Å². The minimum atomic E-state index is -1.12. The van der Waals surface area contributed by atoms with Crippen molar-refractivity contribution in [3.05, 3.63) is 52.4 Å². The predicted octanol–water partition coefficient (Wildman–Crippen LogP) is 3.41. The highest BCUT2D eigenvalue weighted by Crippen LogP contribution is 2.38. The molecule has 0 bridgehead atoms. The molecule has 0 radical (unpaired) electrons. The van der Waals surface area contributed by atoms with Crippen molar-refractivity contribution in [2.75, 3.05) is 18.6 Å². The number of imide groups is 1. The number of thioether (sulfide) groups is 1. The van der Waals surface area contributed by atoms with Gasteiger partial charge < -0.3 is 19.7 Å². The predicted molar refractivity (Wildman–Crippen MR) is 107 cm³/mol. The summed E-state index contributed by atoms with van der Waals surface area (Å²) in [5.74, 6) is -0.993. The normalized spacial score (nSPS) is 15.1. The summed E-state index contributed by atoms with van der Waals surface area (Å²) in [6, 6.07) is 9.14. The van der Waals surface area contributed by atoms with E-state index in [9.17, 15) is 19.5 Å². The fourth-order valence-electron chi connectivity index (χ4n) is 2.75. The zero-order valence-electron chi connectivity index (χ0n) is 15.5. The Kier molecular flexibility index (Phi) is 5.79. The highest BCUT2D eigenvalue weighted by molar-refractivity contribution is 8.19. The number of hydrogen-bond acceptors (Lipinski definition) is 7. The van der Waals surface area contributed by atoms with Gasteiger partial charge in [0.2, 0.25) is 0 Å². The number of ether oxygens (including phenoxy) is 2. The quantitative estimate of drug-likeness (QED) is 0.690. The maximum absolute atomic E-state index is 12.8. The summed E-state index contributed by atoms with van der Waals surface area (Å²) in [5, 5.41) is 17.8. The molecule has 9 heteroatoms. The third-order valence-electron chi connectivity index (χ3n) is 4.05. The van der Waals surface area contributed by atoms with Crippen LogP contribution in [-0.2, 0) is 9.59 Å². The molecule has 0 aliphatic carbocycles. The number of carbonyl (C=O) groups excluding carboxylic acids is 2. The topological polar surface area (TPSA) is 113 Å². The van der Waals surface area contributed by atoms with Gasteiger partial charge in [0, 0.05) is 0 Å². The number of nitrogens with zero attached hydrogens (tertiary/aromatic N) is 1. The molecule has 0 unspecified atom stereocenters. The molecule has 2 aromatic carbocycles. The molecular formula is C20H17NO7S. The summed E-state index contributed by atoms with van der Waals surface area (Å²) >= 11 is 0.802. The summed E-state index contributed by atoms with van der Waals surface area (Å²) in [6.07, 6.45) is 1.55. The number of phenolic OH excluding ortho intramolecular Hbond substituents is 1. The second-order valence-corrected chi connectivity index (χ2v) is 7.07. The van der Waals surface area contributed by atoms with E-state index in [-0.39, 0.29) is 16.4 Å². The van der Waals surface area contributed by atoms with E-state index in [1.54, 1.807) is 25.1 Å². The third-order valence-corrected chi connectivity index (χ3v) is 4.92. The number of aryl methyl sites for hydroxylation is 1. The molecule has 0 aromatic heterocycles. The Hall–Kier alpha value is -3.46. The van der Waals surface area contributed by atoms with Crippen molar-refractivity contribution >= 4 is 40.6 Å². The number of carboxylic acids is 1. The van der Waals surface area contributed by atoms with Gasteiger partial charge >= 0.3 is 5.97 Å². The summed E-state index contributed by atoms with van der Waals surface area (Å²) in [6.45, 7) is 1.18. The fourth-order valence-corrected chi connectivity index (χ4v) is 3.58. The Morgan fingerprint density at radius 2 is 1.93 bits per heavy atom. The molecule has 1 fully saturated rings. The van der Waals surface area contributed by atoms with Crippen molar-refractivity contribution in [2.24, 2.45) is 0 Å². The van der Waals surface area contributed by atoms with Crippen molar-refractivity contribution in [2.45, 2.75) is 6.92 Å². The average molecular weight is 415 g/mol. The van der Waals surface area contributed by atoms with Gasteiger partial charge in [-0.3, -0.25) is 9.59 Å². The first-order valence-corrected chi connectivity index (χ1v) is 9.22. The van der Waals surface area contributed by atoms with Crippen LogP contribution in [0.15, 0.2) is 41.3 Å². The number of carboxylic acid groups (broad SMARTS) is 1. The Balaban J connectivity index is 1.88. The van der Waals surface area contributed by atoms with E-state index in [0.29, 0.717) is 22.6 Å². The number of methoxy groups -OCH3 is 1. The molecule has 0 atom stereocenters. The molecule has 1 saturated heterocycles. The molecule has 29 heavy (non-hydrogen) atoms. The molecular weight excluding hydrogens is 398 g/mol. The largest absolute Gasteiger partial charge is 0.508 e. The molecule has 2 amide bonds. The lowest BCUT2D eigenvalue weighted by molar-refractivity contribution is -0.139. The van der Waals surface area contributed by atoms with Crippen LogP contribution < -0.4 is 14.4 Å². The van der Waals surface area contributed by atoms with Gasteiger partial charge in [0.1, 0.15) is 5.75 Å². The SMILES string of the molecule is COc1cc(/C=C2/SC(=O)N(c3ccc(O)cc3C)C2=O)ccc1OCC(=O)O. The second kappa shape index (κ2) is 8.27. The van der Waals surface area contributed by atoms with Crippen LogP contribution in [0.1, 0.15) is 11.1 Å². The number of benzene rings is 2. The van der Waals surface area contributed by atoms with Gasteiger partial charge in [-0.05, 0) is 66.2 Å². The first-order chi connectivity index (χ1) is 13.8. The standard InChI is InChI=1S/C20H17NO7S/c1-11-7-13(22)4-5-14(11)21-19(25)17(29-20(21)26)9-12-3-6-15(16(8-12)27-2)28-10-18(23)24/h3-9,22H,10H2,1-2H3,(H,23,24)/b17-9+. The number of aliphatic carboxylic acids is 1. The molecule has 8 nitrogen and oxygen atoms in total. The molecule has 0 saturated carbocycles. The molecule has 2 N–H and O–H groups in total. The van der Waals surface area contributed by atoms with Gasteiger partial charge in [-0.2, -0.15) is 0 Å². The maximum atomic E-state index is 12.8. The van der Waals surface area contributed by atoms with Crippen molar-refractivity contribution < 1.29 is 34.1 Å². The molecule has 1 aliphatic heterocycles. The lowest BCUT2D eigenvalue weighted by atomic mass is 10.1. The van der Waals surface area contributed by atoms with Crippen LogP contribution in [0.3, 0.4) is 0 Å². The summed E-state index contributed by atoms with van der Waals surface area (Å²) in [4.78, 5) is 37.2. The smallest absolute Gasteiger partial charge is 0.341 e. The highest BCUT2D eigenvalue weighted by Gasteiger charge is 2.37. The number of aromatic hydroxyl groups is 1. The zero-order valence-corrected chi connectivity index (χ0v) is 16.4. The van der Waals surface area contributed by atoms with Gasteiger partial charge in [-0.1, -0.05) is 6.07 Å². The average Bonchev–Trinajstić information content (AvgIpc) is 2.94. The second-order valence-electron chi connectivity index (χ2n) is 6.08.